The van der Waals surface area contributed by atoms with Gasteiger partial charge in [-0.2, -0.15) is 30.6 Å². The van der Waals surface area contributed by atoms with Crippen LogP contribution in [0.15, 0.2) is 151 Å². The molecule has 652 valence electrons. The second-order valence-corrected chi connectivity index (χ2v) is 33.1. The van der Waals surface area contributed by atoms with Crippen LogP contribution in [0, 0.1) is 38.2 Å². The SMILES string of the molecule is C1CCCC1.CO.COc1ccc(F)cc1[C@@H](O)Cn1c(=O)n(C(C)(C)C(=O)N2CCCC2)c(=O)c2c(C)c(-n3nccn3)sc21.COc1ccc(F)cc1[C@@H](O)Cn1c(=O)n(C(C)(C)C(=O)O)c(=O)c2c(C)c(-n3nccn3)sc21.COc1ccc(F)cc1[C@@H](O)Cn1c(=O)n(C(C)(C)C(=O)OCc2ccccc2)c(=O)c2c(C)c(-n3nccn3)sc21. The van der Waals surface area contributed by atoms with Gasteiger partial charge >= 0.3 is 29.0 Å². The molecule has 13 aromatic rings. The number of carboxylic acid groups (broad SMARTS) is 1. The highest BCUT2D eigenvalue weighted by Crippen LogP contribution is 2.38. The Balaban J connectivity index is 0.000000173. The number of aryl methyl sites for hydroxylation is 3. The third-order valence-corrected chi connectivity index (χ3v) is 25.0. The van der Waals surface area contributed by atoms with Gasteiger partial charge in [0.25, 0.3) is 16.7 Å². The van der Waals surface area contributed by atoms with E-state index in [0.29, 0.717) is 49.4 Å². The maximum absolute atomic E-state index is 14.1. The van der Waals surface area contributed by atoms with Gasteiger partial charge in [0, 0.05) is 53.6 Å². The van der Waals surface area contributed by atoms with Crippen molar-refractivity contribution in [1.82, 2.24) is 77.3 Å². The van der Waals surface area contributed by atoms with E-state index in [1.54, 1.807) is 63.8 Å². The zero-order valence-corrected chi connectivity index (χ0v) is 72.0. The molecule has 34 nitrogen and oxygen atoms in total. The van der Waals surface area contributed by atoms with Crippen molar-refractivity contribution >= 4 is 82.5 Å². The van der Waals surface area contributed by atoms with E-state index in [4.69, 9.17) is 24.1 Å². The lowest BCUT2D eigenvalue weighted by Crippen LogP contribution is -2.56. The van der Waals surface area contributed by atoms with Crippen molar-refractivity contribution < 1.29 is 72.0 Å². The summed E-state index contributed by atoms with van der Waals surface area (Å²) in [7, 11) is 5.13. The normalized spacial score (nSPS) is 13.6. The first-order valence-corrected chi connectivity index (χ1v) is 41.3. The Hall–Kier alpha value is -12.3. The number of amides is 1. The molecule has 10 heterocycles. The number of rotatable bonds is 23. The lowest BCUT2D eigenvalue weighted by molar-refractivity contribution is -0.154. The lowest BCUT2D eigenvalue weighted by atomic mass is 10.0. The van der Waals surface area contributed by atoms with Crippen LogP contribution in [0.5, 0.6) is 17.2 Å². The molecule has 1 saturated heterocycles. The molecule has 3 atom stereocenters. The zero-order chi connectivity index (χ0) is 89.4. The minimum Gasteiger partial charge on any atom is -0.496 e. The summed E-state index contributed by atoms with van der Waals surface area (Å²) in [6.45, 7) is 13.4. The summed E-state index contributed by atoms with van der Waals surface area (Å²) in [5, 5.41) is 76.9. The molecule has 123 heavy (non-hydrogen) atoms. The van der Waals surface area contributed by atoms with Crippen molar-refractivity contribution in [3.8, 4) is 32.3 Å². The molecule has 40 heteroatoms. The number of nitrogens with zero attached hydrogens (tertiary/aromatic N) is 16. The topological polar surface area (TPSA) is 417 Å². The standard InChI is InChI=1S/C29H28FN5O6S.C26H29FN6O5S.C22H22FN5O6S.C5H10.CH4O/c1-17-23-24(37)34(29(2,3)27(38)41-16-18-8-6-5-7-9-18)28(39)33(26(23)42-25(17)35-31-12-13-32-35)15-21(36)20-14-19(30)10-11-22(20)40-4;1-15-20-21(35)32(26(2,3)24(36)30-11-5-6-12-30)25(37)31(23(20)39-22(15)33-28-9-10-29-33)14-18(34)17-13-16(27)7-8-19(17)38-4;1-11-16-17(30)27(22(2,3)20(31)32)21(33)26(19(16)35-18(11)28-24-7-8-25-28)10-14(29)13-9-12(23)5-6-15(13)34-4;1-2-4-5-3-1;1-2/h5-14,21,36H,15-16H2,1-4H3;7-10,13,18,34H,5-6,11-12,14H2,1-4H3;5-9,14,29H,10H2,1-4H3,(H,31,32);1-5H2;2H,1H3/t21-;18-;14-;;/m000../s1. The minimum absolute atomic E-state index is 0.0566. The van der Waals surface area contributed by atoms with E-state index in [0.717, 1.165) is 91.4 Å². The van der Waals surface area contributed by atoms with Crippen LogP contribution in [0.4, 0.5) is 13.2 Å². The molecule has 0 radical (unpaired) electrons. The van der Waals surface area contributed by atoms with Crippen LogP contribution in [0.2, 0.25) is 0 Å². The van der Waals surface area contributed by atoms with Gasteiger partial charge in [0.15, 0.2) is 0 Å². The molecule has 2 aliphatic rings. The summed E-state index contributed by atoms with van der Waals surface area (Å²) in [6.07, 6.45) is 13.8. The van der Waals surface area contributed by atoms with Gasteiger partial charge in [-0.05, 0) is 135 Å². The Morgan fingerprint density at radius 1 is 0.447 bits per heavy atom. The number of aliphatic hydroxyl groups excluding tert-OH is 4. The van der Waals surface area contributed by atoms with Crippen molar-refractivity contribution in [3.63, 3.8) is 0 Å². The van der Waals surface area contributed by atoms with Gasteiger partial charge in [-0.15, -0.1) is 14.4 Å². The van der Waals surface area contributed by atoms with Gasteiger partial charge in [-0.1, -0.05) is 96.4 Å². The number of carboxylic acids is 1. The molecular weight excluding hydrogens is 1660 g/mol. The van der Waals surface area contributed by atoms with Gasteiger partial charge in [0.1, 0.15) is 106 Å². The Kier molecular flexibility index (Phi) is 28.5. The quantitative estimate of drug-likeness (QED) is 0.0372. The zero-order valence-electron chi connectivity index (χ0n) is 69.5. The molecular formula is C83H93F3N16O18S3. The number of carbonyl (C=O) groups excluding carboxylic acids is 2. The fraction of sp³-hybridized carbons (Fsp3) is 0.386. The number of thiophene rings is 3. The first-order valence-electron chi connectivity index (χ1n) is 38.8. The number of methoxy groups -OCH3 is 3. The van der Waals surface area contributed by atoms with E-state index in [9.17, 15) is 76.7 Å². The maximum Gasteiger partial charge on any atom is 0.333 e. The Bertz CT molecular complexity index is 6390. The molecule has 15 rings (SSSR count). The van der Waals surface area contributed by atoms with Crippen molar-refractivity contribution in [2.24, 2.45) is 0 Å². The summed E-state index contributed by atoms with van der Waals surface area (Å²) in [5.74, 6) is -3.66. The van der Waals surface area contributed by atoms with Crippen LogP contribution in [0.3, 0.4) is 0 Å². The van der Waals surface area contributed by atoms with E-state index in [1.807, 2.05) is 6.07 Å². The molecule has 1 saturated carbocycles. The number of ether oxygens (including phenoxy) is 4. The van der Waals surface area contributed by atoms with Crippen LogP contribution in [0.1, 0.15) is 144 Å². The molecule has 2 fully saturated rings. The lowest BCUT2D eigenvalue weighted by Gasteiger charge is -2.31. The predicted molar refractivity (Wildman–Crippen MR) is 453 cm³/mol. The van der Waals surface area contributed by atoms with Crippen LogP contribution >= 0.6 is 34.0 Å². The van der Waals surface area contributed by atoms with Crippen molar-refractivity contribution in [3.05, 3.63) is 241 Å². The summed E-state index contributed by atoms with van der Waals surface area (Å²) in [6, 6.07) is 20.0. The maximum atomic E-state index is 14.1. The average molecular weight is 1760 g/mol. The molecule has 5 N–H and O–H groups in total. The Morgan fingerprint density at radius 2 is 0.748 bits per heavy atom. The first kappa shape index (κ1) is 91.4. The highest BCUT2D eigenvalue weighted by atomic mass is 32.1. The predicted octanol–water partition coefficient (Wildman–Crippen LogP) is 9.20. The van der Waals surface area contributed by atoms with Crippen molar-refractivity contribution in [2.75, 3.05) is 41.5 Å². The highest BCUT2D eigenvalue weighted by molar-refractivity contribution is 7.22. The fourth-order valence-electron chi connectivity index (χ4n) is 14.6. The number of aromatic nitrogens is 15. The summed E-state index contributed by atoms with van der Waals surface area (Å²) < 4.78 is 69.5. The number of fused-ring (bicyclic) bond motifs is 3. The van der Waals surface area contributed by atoms with Crippen molar-refractivity contribution in [2.45, 2.75) is 168 Å². The van der Waals surface area contributed by atoms with E-state index in [1.165, 1.54) is 178 Å². The molecule has 4 aromatic carbocycles. The van der Waals surface area contributed by atoms with Gasteiger partial charge in [-0.3, -0.25) is 32.9 Å². The monoisotopic (exact) mass is 1750 g/mol. The van der Waals surface area contributed by atoms with Gasteiger partial charge in [-0.25, -0.2) is 50.8 Å². The van der Waals surface area contributed by atoms with E-state index in [-0.39, 0.29) is 90.2 Å². The van der Waals surface area contributed by atoms with E-state index in [2.05, 4.69) is 30.6 Å². The van der Waals surface area contributed by atoms with Crippen molar-refractivity contribution in [1.29, 1.82) is 0 Å². The molecule has 0 bridgehead atoms. The average Bonchev–Trinajstić information content (AvgIpc) is 1.63. The molecule has 0 unspecified atom stereocenters. The molecule has 9 aromatic heterocycles. The molecule has 1 amide bonds. The van der Waals surface area contributed by atoms with Gasteiger partial charge in [0.2, 0.25) is 5.91 Å². The fourth-order valence-corrected chi connectivity index (χ4v) is 18.2. The Morgan fingerprint density at radius 3 is 1.05 bits per heavy atom. The molecule has 1 aliphatic carbocycles. The van der Waals surface area contributed by atoms with Crippen LogP contribution in [-0.2, 0) is 62.0 Å². The number of hydrogen-bond donors (Lipinski definition) is 5. The van der Waals surface area contributed by atoms with Gasteiger partial charge < -0.3 is 49.4 Å². The third kappa shape index (κ3) is 18.4. The largest absolute Gasteiger partial charge is 0.496 e. The second kappa shape index (κ2) is 38.4. The van der Waals surface area contributed by atoms with Crippen LogP contribution < -0.4 is 48.0 Å². The number of aliphatic hydroxyl groups is 4. The number of halogens is 3. The minimum atomic E-state index is -1.90. The highest BCUT2D eigenvalue weighted by Gasteiger charge is 2.42. The van der Waals surface area contributed by atoms with E-state index >= 15 is 0 Å². The molecule has 1 aliphatic heterocycles. The number of aliphatic carboxylic acids is 1. The van der Waals surface area contributed by atoms with Crippen LogP contribution in [-0.4, -0.2) is 162 Å². The summed E-state index contributed by atoms with van der Waals surface area (Å²) >= 11 is 3.23. The van der Waals surface area contributed by atoms with E-state index < -0.39 is 105 Å². The number of hydrogen-bond acceptors (Lipinski definition) is 26. The first-order chi connectivity index (χ1) is 58.6. The number of carbonyl (C=O) groups is 3. The number of likely N-dealkylation sites (tertiary alicyclic amines) is 1. The Labute approximate surface area is 711 Å². The third-order valence-electron chi connectivity index (χ3n) is 21.2. The molecule has 0 spiro atoms. The van der Waals surface area contributed by atoms with Crippen LogP contribution in [0.25, 0.3) is 45.7 Å². The second-order valence-electron chi connectivity index (χ2n) is 30.2. The van der Waals surface area contributed by atoms with Gasteiger partial charge in [0.05, 0.1) is 94.3 Å². The number of benzene rings is 4. The number of esters is 1. The smallest absolute Gasteiger partial charge is 0.333 e. The summed E-state index contributed by atoms with van der Waals surface area (Å²) in [4.78, 5) is 128. The summed E-state index contributed by atoms with van der Waals surface area (Å²) in [5.41, 5.74) is -7.30.